The smallest absolute Gasteiger partial charge is 0.240 e. The lowest BCUT2D eigenvalue weighted by Crippen LogP contribution is -2.34. The van der Waals surface area contributed by atoms with Gasteiger partial charge in [-0.15, -0.1) is 0 Å². The Morgan fingerprint density at radius 1 is 1.40 bits per heavy atom. The fourth-order valence-corrected chi connectivity index (χ4v) is 3.49. The first-order valence-corrected chi connectivity index (χ1v) is 8.61. The minimum absolute atomic E-state index is 0.112. The Hall–Kier alpha value is -0.630. The highest BCUT2D eigenvalue weighted by atomic mass is 79.9. The van der Waals surface area contributed by atoms with Gasteiger partial charge in [-0.1, -0.05) is 13.8 Å². The van der Waals surface area contributed by atoms with Crippen LogP contribution in [0.25, 0.3) is 0 Å². The molecule has 0 aliphatic carbocycles. The molecule has 0 fully saturated rings. The molecule has 0 spiro atoms. The van der Waals surface area contributed by atoms with Crippen molar-refractivity contribution in [3.8, 4) is 0 Å². The molecule has 20 heavy (non-hydrogen) atoms. The van der Waals surface area contributed by atoms with Crippen LogP contribution in [-0.4, -0.2) is 26.7 Å². The first kappa shape index (κ1) is 17.4. The van der Waals surface area contributed by atoms with Gasteiger partial charge in [-0.2, -0.15) is 0 Å². The van der Waals surface area contributed by atoms with Crippen LogP contribution < -0.4 is 10.5 Å². The van der Waals surface area contributed by atoms with E-state index in [0.717, 1.165) is 6.42 Å². The second-order valence-corrected chi connectivity index (χ2v) is 8.12. The number of sulfonamides is 1. The van der Waals surface area contributed by atoms with E-state index in [4.69, 9.17) is 10.8 Å². The number of benzene rings is 1. The predicted molar refractivity (Wildman–Crippen MR) is 83.8 cm³/mol. The number of anilines is 1. The molecule has 0 amide bonds. The van der Waals surface area contributed by atoms with Gasteiger partial charge in [0.2, 0.25) is 10.0 Å². The Balaban J connectivity index is 2.77. The first-order valence-electron chi connectivity index (χ1n) is 6.33. The van der Waals surface area contributed by atoms with E-state index in [1.165, 1.54) is 12.1 Å². The average Bonchev–Trinajstić information content (AvgIpc) is 2.37. The molecule has 4 N–H and O–H groups in total. The van der Waals surface area contributed by atoms with Gasteiger partial charge in [-0.25, -0.2) is 13.1 Å². The molecule has 114 valence electrons. The first-order chi connectivity index (χ1) is 9.18. The zero-order valence-corrected chi connectivity index (χ0v) is 14.1. The van der Waals surface area contributed by atoms with Gasteiger partial charge in [0, 0.05) is 23.3 Å². The number of aliphatic hydroxyl groups is 1. The standard InChI is InChI=1S/C13H21BrN2O3S/c1-13(2,6-3-7-17)9-16-20(18,19)10-4-5-12(15)11(14)8-10/h4-5,8,16-17H,3,6-7,9,15H2,1-2H3. The topological polar surface area (TPSA) is 92.4 Å². The maximum absolute atomic E-state index is 12.2. The van der Waals surface area contributed by atoms with E-state index >= 15 is 0 Å². The second kappa shape index (κ2) is 6.89. The van der Waals surface area contributed by atoms with E-state index in [1.54, 1.807) is 6.07 Å². The van der Waals surface area contributed by atoms with Gasteiger partial charge in [0.25, 0.3) is 0 Å². The van der Waals surface area contributed by atoms with E-state index in [-0.39, 0.29) is 16.9 Å². The van der Waals surface area contributed by atoms with Crippen LogP contribution in [0.1, 0.15) is 26.7 Å². The monoisotopic (exact) mass is 364 g/mol. The molecule has 0 aliphatic rings. The molecule has 1 rings (SSSR count). The number of nitrogens with two attached hydrogens (primary N) is 1. The quantitative estimate of drug-likeness (QED) is 0.646. The number of halogens is 1. The van der Waals surface area contributed by atoms with Gasteiger partial charge in [0.15, 0.2) is 0 Å². The lowest BCUT2D eigenvalue weighted by atomic mass is 9.88. The van der Waals surface area contributed by atoms with E-state index in [2.05, 4.69) is 20.7 Å². The fourth-order valence-electron chi connectivity index (χ4n) is 1.69. The highest BCUT2D eigenvalue weighted by Crippen LogP contribution is 2.25. The molecule has 0 saturated heterocycles. The highest BCUT2D eigenvalue weighted by molar-refractivity contribution is 9.10. The summed E-state index contributed by atoms with van der Waals surface area (Å²) in [5, 5.41) is 8.84. The molecule has 0 unspecified atom stereocenters. The normalized spacial score (nSPS) is 12.6. The molecule has 0 saturated carbocycles. The summed E-state index contributed by atoms with van der Waals surface area (Å²) >= 11 is 3.22. The van der Waals surface area contributed by atoms with E-state index in [1.807, 2.05) is 13.8 Å². The van der Waals surface area contributed by atoms with Gasteiger partial charge in [0.05, 0.1) is 4.90 Å². The molecule has 7 heteroatoms. The summed E-state index contributed by atoms with van der Waals surface area (Å²) in [5.74, 6) is 0. The molecular weight excluding hydrogens is 344 g/mol. The van der Waals surface area contributed by atoms with E-state index in [0.29, 0.717) is 23.1 Å². The molecule has 0 bridgehead atoms. The van der Waals surface area contributed by atoms with Crippen LogP contribution in [0.4, 0.5) is 5.69 Å². The van der Waals surface area contributed by atoms with Crippen LogP contribution >= 0.6 is 15.9 Å². The Morgan fingerprint density at radius 3 is 2.60 bits per heavy atom. The maximum Gasteiger partial charge on any atom is 0.240 e. The summed E-state index contributed by atoms with van der Waals surface area (Å²) in [6.07, 6.45) is 1.40. The Morgan fingerprint density at radius 2 is 2.05 bits per heavy atom. The minimum atomic E-state index is -3.56. The zero-order valence-electron chi connectivity index (χ0n) is 11.7. The Bertz CT molecular complexity index is 559. The Kier molecular flexibility index (Phi) is 6.00. The molecule has 5 nitrogen and oxygen atoms in total. The third kappa shape index (κ3) is 5.05. The summed E-state index contributed by atoms with van der Waals surface area (Å²) in [5.41, 5.74) is 5.93. The molecule has 0 heterocycles. The molecule has 1 aromatic carbocycles. The van der Waals surface area contributed by atoms with Gasteiger partial charge < -0.3 is 10.8 Å². The summed E-state index contributed by atoms with van der Waals surface area (Å²) in [6.45, 7) is 4.35. The molecule has 0 atom stereocenters. The largest absolute Gasteiger partial charge is 0.398 e. The van der Waals surface area contributed by atoms with Crippen LogP contribution in [0.2, 0.25) is 0 Å². The number of nitrogen functional groups attached to an aromatic ring is 1. The second-order valence-electron chi connectivity index (χ2n) is 5.50. The van der Waals surface area contributed by atoms with E-state index < -0.39 is 10.0 Å². The predicted octanol–water partition coefficient (Wildman–Crippen LogP) is 2.11. The van der Waals surface area contributed by atoms with Crippen LogP contribution in [0, 0.1) is 5.41 Å². The van der Waals surface area contributed by atoms with Crippen molar-refractivity contribution in [1.29, 1.82) is 0 Å². The van der Waals surface area contributed by atoms with Crippen molar-refractivity contribution < 1.29 is 13.5 Å². The average molecular weight is 365 g/mol. The summed E-state index contributed by atoms with van der Waals surface area (Å²) < 4.78 is 27.5. The summed E-state index contributed by atoms with van der Waals surface area (Å²) in [7, 11) is -3.56. The Labute approximate surface area is 128 Å². The van der Waals surface area contributed by atoms with Gasteiger partial charge in [0.1, 0.15) is 0 Å². The fraction of sp³-hybridized carbons (Fsp3) is 0.538. The third-order valence-electron chi connectivity index (χ3n) is 3.03. The highest BCUT2D eigenvalue weighted by Gasteiger charge is 2.22. The molecule has 0 radical (unpaired) electrons. The van der Waals surface area contributed by atoms with Crippen molar-refractivity contribution in [2.24, 2.45) is 5.41 Å². The number of hydrogen-bond donors (Lipinski definition) is 3. The van der Waals surface area contributed by atoms with E-state index in [9.17, 15) is 8.42 Å². The van der Waals surface area contributed by atoms with Crippen molar-refractivity contribution in [2.45, 2.75) is 31.6 Å². The number of rotatable bonds is 7. The van der Waals surface area contributed by atoms with Crippen LogP contribution in [0.3, 0.4) is 0 Å². The van der Waals surface area contributed by atoms with Gasteiger partial charge in [-0.3, -0.25) is 0 Å². The van der Waals surface area contributed by atoms with Crippen molar-refractivity contribution >= 4 is 31.6 Å². The summed E-state index contributed by atoms with van der Waals surface area (Å²) in [6, 6.07) is 4.51. The molecular formula is C13H21BrN2O3S. The van der Waals surface area contributed by atoms with Crippen molar-refractivity contribution in [3.05, 3.63) is 22.7 Å². The SMILES string of the molecule is CC(C)(CCCO)CNS(=O)(=O)c1ccc(N)c(Br)c1. The molecule has 0 aliphatic heterocycles. The lowest BCUT2D eigenvalue weighted by Gasteiger charge is -2.24. The molecule has 0 aromatic heterocycles. The number of hydrogen-bond acceptors (Lipinski definition) is 4. The van der Waals surface area contributed by atoms with Crippen molar-refractivity contribution in [3.63, 3.8) is 0 Å². The zero-order chi connectivity index (χ0) is 15.4. The van der Waals surface area contributed by atoms with Crippen LogP contribution in [0.5, 0.6) is 0 Å². The van der Waals surface area contributed by atoms with Crippen LogP contribution in [0.15, 0.2) is 27.6 Å². The minimum Gasteiger partial charge on any atom is -0.398 e. The summed E-state index contributed by atoms with van der Waals surface area (Å²) in [4.78, 5) is 0.177. The van der Waals surface area contributed by atoms with Gasteiger partial charge >= 0.3 is 0 Å². The number of nitrogens with one attached hydrogen (secondary N) is 1. The van der Waals surface area contributed by atoms with Crippen molar-refractivity contribution in [2.75, 3.05) is 18.9 Å². The third-order valence-corrected chi connectivity index (χ3v) is 5.12. The number of aliphatic hydroxyl groups excluding tert-OH is 1. The lowest BCUT2D eigenvalue weighted by molar-refractivity contribution is 0.242. The van der Waals surface area contributed by atoms with Crippen LogP contribution in [-0.2, 0) is 10.0 Å². The molecule has 1 aromatic rings. The maximum atomic E-state index is 12.2. The van der Waals surface area contributed by atoms with Crippen molar-refractivity contribution in [1.82, 2.24) is 4.72 Å². The van der Waals surface area contributed by atoms with Gasteiger partial charge in [-0.05, 0) is 52.4 Å².